The molecule has 0 aliphatic carbocycles. The van der Waals surface area contributed by atoms with Gasteiger partial charge < -0.3 is 10.4 Å². The van der Waals surface area contributed by atoms with E-state index in [4.69, 9.17) is 0 Å². The highest BCUT2D eigenvalue weighted by Gasteiger charge is 2.10. The summed E-state index contributed by atoms with van der Waals surface area (Å²) >= 11 is 0. The van der Waals surface area contributed by atoms with Crippen molar-refractivity contribution in [2.75, 3.05) is 11.9 Å². The van der Waals surface area contributed by atoms with E-state index in [1.54, 1.807) is 24.3 Å². The molecule has 0 fully saturated rings. The fourth-order valence-corrected chi connectivity index (χ4v) is 1.71. The van der Waals surface area contributed by atoms with Gasteiger partial charge in [0.25, 0.3) is 0 Å². The normalized spacial score (nSPS) is 12.2. The van der Waals surface area contributed by atoms with Crippen LogP contribution in [0.1, 0.15) is 11.6 Å². The first-order valence-electron chi connectivity index (χ1n) is 5.57. The molecule has 0 aromatic heterocycles. The molecular formula is C14H13F2NO. The van der Waals surface area contributed by atoms with Crippen molar-refractivity contribution < 1.29 is 13.9 Å². The molecule has 0 aliphatic rings. The summed E-state index contributed by atoms with van der Waals surface area (Å²) in [5.74, 6) is -0.683. The average molecular weight is 249 g/mol. The van der Waals surface area contributed by atoms with Crippen LogP contribution >= 0.6 is 0 Å². The summed E-state index contributed by atoms with van der Waals surface area (Å²) in [5, 5.41) is 12.3. The number of aliphatic hydroxyl groups excluding tert-OH is 1. The summed E-state index contributed by atoms with van der Waals surface area (Å²) in [6.07, 6.45) is 0. The van der Waals surface area contributed by atoms with Gasteiger partial charge >= 0.3 is 0 Å². The fraction of sp³-hybridized carbons (Fsp3) is 0.143. The third-order valence-corrected chi connectivity index (χ3v) is 2.62. The van der Waals surface area contributed by atoms with Gasteiger partial charge in [-0.15, -0.1) is 0 Å². The van der Waals surface area contributed by atoms with Crippen molar-refractivity contribution in [1.82, 2.24) is 0 Å². The van der Waals surface area contributed by atoms with E-state index in [9.17, 15) is 13.9 Å². The van der Waals surface area contributed by atoms with Crippen LogP contribution in [0.2, 0.25) is 0 Å². The molecule has 2 aromatic rings. The van der Waals surface area contributed by atoms with E-state index in [0.29, 0.717) is 5.69 Å². The van der Waals surface area contributed by atoms with Gasteiger partial charge in [-0.2, -0.15) is 0 Å². The summed E-state index contributed by atoms with van der Waals surface area (Å²) in [5.41, 5.74) is 1.31. The maximum absolute atomic E-state index is 13.0. The Labute approximate surface area is 104 Å². The van der Waals surface area contributed by atoms with Crippen LogP contribution in [0.3, 0.4) is 0 Å². The third-order valence-electron chi connectivity index (χ3n) is 2.62. The van der Waals surface area contributed by atoms with Gasteiger partial charge in [0, 0.05) is 5.69 Å². The van der Waals surface area contributed by atoms with Gasteiger partial charge in [-0.05, 0) is 35.9 Å². The molecule has 1 atom stereocenters. The molecule has 0 heterocycles. The lowest BCUT2D eigenvalue weighted by atomic mass is 10.1. The van der Waals surface area contributed by atoms with Crippen LogP contribution in [0.5, 0.6) is 0 Å². The zero-order valence-corrected chi connectivity index (χ0v) is 9.61. The van der Waals surface area contributed by atoms with Crippen molar-refractivity contribution in [2.45, 2.75) is 6.04 Å². The first-order valence-corrected chi connectivity index (χ1v) is 5.57. The van der Waals surface area contributed by atoms with Crippen molar-refractivity contribution in [3.8, 4) is 0 Å². The van der Waals surface area contributed by atoms with E-state index in [2.05, 4.69) is 5.32 Å². The van der Waals surface area contributed by atoms with Crippen LogP contribution in [0.4, 0.5) is 14.5 Å². The molecule has 0 amide bonds. The maximum Gasteiger partial charge on any atom is 0.125 e. The lowest BCUT2D eigenvalue weighted by molar-refractivity contribution is 0.276. The zero-order valence-electron chi connectivity index (χ0n) is 9.61. The van der Waals surface area contributed by atoms with Crippen LogP contribution in [0.15, 0.2) is 48.5 Å². The second kappa shape index (κ2) is 5.60. The number of anilines is 1. The summed E-state index contributed by atoms with van der Waals surface area (Å²) < 4.78 is 25.8. The highest BCUT2D eigenvalue weighted by atomic mass is 19.1. The number of rotatable bonds is 4. The lowest BCUT2D eigenvalue weighted by Crippen LogP contribution is -2.14. The molecule has 2 N–H and O–H groups in total. The Morgan fingerprint density at radius 2 is 1.72 bits per heavy atom. The standard InChI is InChI=1S/C14H13F2NO/c15-11-6-4-10(5-7-11)14(9-18)17-13-3-1-2-12(16)8-13/h1-8,14,17-18H,9H2. The third kappa shape index (κ3) is 3.05. The van der Waals surface area contributed by atoms with Crippen LogP contribution in [0, 0.1) is 11.6 Å². The molecule has 18 heavy (non-hydrogen) atoms. The second-order valence-corrected chi connectivity index (χ2v) is 3.94. The molecule has 2 nitrogen and oxygen atoms in total. The SMILES string of the molecule is OCC(Nc1cccc(F)c1)c1ccc(F)cc1. The van der Waals surface area contributed by atoms with Gasteiger partial charge in [0.1, 0.15) is 11.6 Å². The van der Waals surface area contributed by atoms with Crippen molar-refractivity contribution in [2.24, 2.45) is 0 Å². The van der Waals surface area contributed by atoms with E-state index in [0.717, 1.165) is 5.56 Å². The summed E-state index contributed by atoms with van der Waals surface area (Å²) in [7, 11) is 0. The van der Waals surface area contributed by atoms with Crippen LogP contribution < -0.4 is 5.32 Å². The molecule has 0 bridgehead atoms. The molecule has 1 unspecified atom stereocenters. The van der Waals surface area contributed by atoms with Crippen molar-refractivity contribution in [3.63, 3.8) is 0 Å². The minimum absolute atomic E-state index is 0.165. The number of aliphatic hydroxyl groups is 1. The summed E-state index contributed by atoms with van der Waals surface area (Å²) in [4.78, 5) is 0. The van der Waals surface area contributed by atoms with Crippen LogP contribution in [-0.4, -0.2) is 11.7 Å². The molecule has 2 aromatic carbocycles. The van der Waals surface area contributed by atoms with E-state index in [-0.39, 0.29) is 18.2 Å². The Morgan fingerprint density at radius 1 is 1.00 bits per heavy atom. The zero-order chi connectivity index (χ0) is 13.0. The van der Waals surface area contributed by atoms with Crippen molar-refractivity contribution >= 4 is 5.69 Å². The van der Waals surface area contributed by atoms with Gasteiger partial charge in [-0.25, -0.2) is 8.78 Å². The van der Waals surface area contributed by atoms with Gasteiger partial charge in [0.2, 0.25) is 0 Å². The topological polar surface area (TPSA) is 32.3 Å². The lowest BCUT2D eigenvalue weighted by Gasteiger charge is -2.18. The number of hydrogen-bond donors (Lipinski definition) is 2. The number of hydrogen-bond acceptors (Lipinski definition) is 2. The Hall–Kier alpha value is -1.94. The highest BCUT2D eigenvalue weighted by molar-refractivity contribution is 5.45. The molecule has 0 aliphatic heterocycles. The molecule has 0 saturated heterocycles. The minimum Gasteiger partial charge on any atom is -0.394 e. The summed E-state index contributed by atoms with van der Waals surface area (Å²) in [6, 6.07) is 11.4. The predicted molar refractivity (Wildman–Crippen MR) is 66.2 cm³/mol. The number of benzene rings is 2. The Balaban J connectivity index is 2.17. The largest absolute Gasteiger partial charge is 0.394 e. The smallest absolute Gasteiger partial charge is 0.125 e. The molecule has 2 rings (SSSR count). The fourth-order valence-electron chi connectivity index (χ4n) is 1.71. The molecule has 4 heteroatoms. The number of halogens is 2. The van der Waals surface area contributed by atoms with E-state index in [1.165, 1.54) is 24.3 Å². The van der Waals surface area contributed by atoms with Crippen LogP contribution in [0.25, 0.3) is 0 Å². The van der Waals surface area contributed by atoms with Crippen molar-refractivity contribution in [3.05, 3.63) is 65.7 Å². The molecule has 0 spiro atoms. The molecule has 0 saturated carbocycles. The number of nitrogens with one attached hydrogen (secondary N) is 1. The van der Waals surface area contributed by atoms with Gasteiger partial charge in [0.05, 0.1) is 12.6 Å². The molecule has 94 valence electrons. The van der Waals surface area contributed by atoms with E-state index < -0.39 is 6.04 Å². The Kier molecular flexibility index (Phi) is 3.89. The molecule has 0 radical (unpaired) electrons. The van der Waals surface area contributed by atoms with E-state index >= 15 is 0 Å². The average Bonchev–Trinajstić information content (AvgIpc) is 2.37. The van der Waals surface area contributed by atoms with Crippen molar-refractivity contribution in [1.29, 1.82) is 0 Å². The second-order valence-electron chi connectivity index (χ2n) is 3.94. The first-order chi connectivity index (χ1) is 8.69. The van der Waals surface area contributed by atoms with Gasteiger partial charge in [0.15, 0.2) is 0 Å². The quantitative estimate of drug-likeness (QED) is 0.872. The summed E-state index contributed by atoms with van der Waals surface area (Å²) in [6.45, 7) is -0.165. The van der Waals surface area contributed by atoms with Gasteiger partial charge in [-0.3, -0.25) is 0 Å². The first kappa shape index (κ1) is 12.5. The minimum atomic E-state index is -0.396. The van der Waals surface area contributed by atoms with Gasteiger partial charge in [-0.1, -0.05) is 18.2 Å². The maximum atomic E-state index is 13.0. The predicted octanol–water partition coefficient (Wildman–Crippen LogP) is 3.11. The molecular weight excluding hydrogens is 236 g/mol. The Morgan fingerprint density at radius 3 is 2.33 bits per heavy atom. The van der Waals surface area contributed by atoms with Crippen LogP contribution in [-0.2, 0) is 0 Å². The monoisotopic (exact) mass is 249 g/mol. The Bertz CT molecular complexity index is 513. The highest BCUT2D eigenvalue weighted by Crippen LogP contribution is 2.20. The van der Waals surface area contributed by atoms with E-state index in [1.807, 2.05) is 0 Å².